The SMILES string of the molecule is Cc1ccc(F)cc1NC(=O)c1c(C)nn(Cc2ccccc2)c1C. The van der Waals surface area contributed by atoms with Crippen molar-refractivity contribution in [3.8, 4) is 0 Å². The van der Waals surface area contributed by atoms with E-state index in [4.69, 9.17) is 0 Å². The molecule has 1 heterocycles. The van der Waals surface area contributed by atoms with Gasteiger partial charge in [-0.2, -0.15) is 5.10 Å². The monoisotopic (exact) mass is 337 g/mol. The zero-order valence-corrected chi connectivity index (χ0v) is 14.5. The predicted octanol–water partition coefficient (Wildman–Crippen LogP) is 4.25. The number of nitrogens with one attached hydrogen (secondary N) is 1. The Kier molecular flexibility index (Phi) is 4.65. The van der Waals surface area contributed by atoms with Crippen molar-refractivity contribution in [2.75, 3.05) is 5.32 Å². The van der Waals surface area contributed by atoms with E-state index in [1.54, 1.807) is 6.07 Å². The highest BCUT2D eigenvalue weighted by Gasteiger charge is 2.19. The van der Waals surface area contributed by atoms with Crippen molar-refractivity contribution in [3.05, 3.63) is 82.4 Å². The second-order valence-corrected chi connectivity index (χ2v) is 6.10. The Morgan fingerprint density at radius 1 is 1.12 bits per heavy atom. The van der Waals surface area contributed by atoms with Gasteiger partial charge in [0.15, 0.2) is 0 Å². The number of amides is 1. The van der Waals surface area contributed by atoms with E-state index in [2.05, 4.69) is 10.4 Å². The first-order valence-corrected chi connectivity index (χ1v) is 8.11. The first kappa shape index (κ1) is 16.9. The maximum absolute atomic E-state index is 13.4. The number of hydrogen-bond acceptors (Lipinski definition) is 2. The predicted molar refractivity (Wildman–Crippen MR) is 96.3 cm³/mol. The molecule has 128 valence electrons. The van der Waals surface area contributed by atoms with E-state index in [-0.39, 0.29) is 11.7 Å². The van der Waals surface area contributed by atoms with E-state index >= 15 is 0 Å². The fourth-order valence-electron chi connectivity index (χ4n) is 2.85. The Morgan fingerprint density at radius 3 is 2.56 bits per heavy atom. The van der Waals surface area contributed by atoms with Crippen molar-refractivity contribution in [2.24, 2.45) is 0 Å². The van der Waals surface area contributed by atoms with Gasteiger partial charge in [0.2, 0.25) is 0 Å². The molecule has 0 radical (unpaired) electrons. The Balaban J connectivity index is 1.87. The number of hydrogen-bond donors (Lipinski definition) is 1. The van der Waals surface area contributed by atoms with Crippen molar-refractivity contribution in [3.63, 3.8) is 0 Å². The maximum Gasteiger partial charge on any atom is 0.259 e. The minimum absolute atomic E-state index is 0.275. The summed E-state index contributed by atoms with van der Waals surface area (Å²) in [5.74, 6) is -0.655. The molecule has 1 N–H and O–H groups in total. The van der Waals surface area contributed by atoms with E-state index in [9.17, 15) is 9.18 Å². The highest BCUT2D eigenvalue weighted by Crippen LogP contribution is 2.20. The molecule has 0 saturated carbocycles. The smallest absolute Gasteiger partial charge is 0.259 e. The molecule has 0 saturated heterocycles. The lowest BCUT2D eigenvalue weighted by molar-refractivity contribution is 0.102. The third-order valence-corrected chi connectivity index (χ3v) is 4.23. The summed E-state index contributed by atoms with van der Waals surface area (Å²) in [5, 5.41) is 7.28. The first-order chi connectivity index (χ1) is 12.0. The molecule has 3 rings (SSSR count). The molecule has 1 aromatic heterocycles. The summed E-state index contributed by atoms with van der Waals surface area (Å²) < 4.78 is 15.3. The summed E-state index contributed by atoms with van der Waals surface area (Å²) in [6.07, 6.45) is 0. The molecule has 0 aliphatic heterocycles. The normalized spacial score (nSPS) is 10.7. The van der Waals surface area contributed by atoms with Crippen LogP contribution in [0.25, 0.3) is 0 Å². The average molecular weight is 337 g/mol. The highest BCUT2D eigenvalue weighted by molar-refractivity contribution is 6.06. The van der Waals surface area contributed by atoms with Gasteiger partial charge in [0, 0.05) is 11.4 Å². The lowest BCUT2D eigenvalue weighted by Gasteiger charge is -2.09. The Morgan fingerprint density at radius 2 is 1.84 bits per heavy atom. The Bertz CT molecular complexity index is 916. The number of anilines is 1. The van der Waals surface area contributed by atoms with Gasteiger partial charge in [-0.05, 0) is 44.0 Å². The standard InChI is InChI=1S/C20H20FN3O/c1-13-9-10-17(21)11-18(13)22-20(25)19-14(2)23-24(15(19)3)12-16-7-5-4-6-8-16/h4-11H,12H2,1-3H3,(H,22,25). The van der Waals surface area contributed by atoms with E-state index in [0.29, 0.717) is 23.5 Å². The minimum atomic E-state index is -0.380. The largest absolute Gasteiger partial charge is 0.322 e. The fraction of sp³-hybridized carbons (Fsp3) is 0.200. The maximum atomic E-state index is 13.4. The molecule has 1 amide bonds. The minimum Gasteiger partial charge on any atom is -0.322 e. The molecule has 5 heteroatoms. The van der Waals surface area contributed by atoms with Crippen LogP contribution < -0.4 is 5.32 Å². The third kappa shape index (κ3) is 3.60. The fourth-order valence-corrected chi connectivity index (χ4v) is 2.85. The number of aryl methyl sites for hydroxylation is 2. The Hall–Kier alpha value is -2.95. The summed E-state index contributed by atoms with van der Waals surface area (Å²) in [4.78, 5) is 12.7. The average Bonchev–Trinajstić information content (AvgIpc) is 2.86. The third-order valence-electron chi connectivity index (χ3n) is 4.23. The number of carbonyl (C=O) groups is 1. The highest BCUT2D eigenvalue weighted by atomic mass is 19.1. The van der Waals surface area contributed by atoms with E-state index in [0.717, 1.165) is 16.8 Å². The number of aromatic nitrogens is 2. The number of nitrogens with zero attached hydrogens (tertiary/aromatic N) is 2. The second kappa shape index (κ2) is 6.89. The molecule has 4 nitrogen and oxygen atoms in total. The number of benzene rings is 2. The molecule has 0 spiro atoms. The van der Waals surface area contributed by atoms with Gasteiger partial charge in [-0.3, -0.25) is 9.48 Å². The second-order valence-electron chi connectivity index (χ2n) is 6.10. The van der Waals surface area contributed by atoms with Crippen LogP contribution in [-0.4, -0.2) is 15.7 Å². The topological polar surface area (TPSA) is 46.9 Å². The van der Waals surface area contributed by atoms with E-state index in [1.165, 1.54) is 12.1 Å². The van der Waals surface area contributed by atoms with Crippen molar-refractivity contribution in [1.82, 2.24) is 9.78 Å². The van der Waals surface area contributed by atoms with E-state index in [1.807, 2.05) is 55.8 Å². The number of halogens is 1. The van der Waals surface area contributed by atoms with Crippen LogP contribution in [0.15, 0.2) is 48.5 Å². The van der Waals surface area contributed by atoms with Crippen LogP contribution in [0.3, 0.4) is 0 Å². The molecule has 0 bridgehead atoms. The van der Waals surface area contributed by atoms with Gasteiger partial charge in [-0.25, -0.2) is 4.39 Å². The zero-order valence-electron chi connectivity index (χ0n) is 14.5. The summed E-state index contributed by atoms with van der Waals surface area (Å²) in [7, 11) is 0. The first-order valence-electron chi connectivity index (χ1n) is 8.11. The van der Waals surface area contributed by atoms with Gasteiger partial charge in [-0.15, -0.1) is 0 Å². The number of rotatable bonds is 4. The van der Waals surface area contributed by atoms with Gasteiger partial charge in [0.25, 0.3) is 5.91 Å². The molecule has 0 aliphatic rings. The molecule has 0 unspecified atom stereocenters. The van der Waals surface area contributed by atoms with Crippen LogP contribution in [0.5, 0.6) is 0 Å². The van der Waals surface area contributed by atoms with Crippen molar-refractivity contribution >= 4 is 11.6 Å². The molecular weight excluding hydrogens is 317 g/mol. The van der Waals surface area contributed by atoms with Gasteiger partial charge in [0.1, 0.15) is 5.82 Å². The molecule has 3 aromatic rings. The molecule has 0 fully saturated rings. The molecule has 0 aliphatic carbocycles. The number of carbonyl (C=O) groups excluding carboxylic acids is 1. The van der Waals surface area contributed by atoms with Gasteiger partial charge in [-0.1, -0.05) is 36.4 Å². The summed E-state index contributed by atoms with van der Waals surface area (Å²) in [6.45, 7) is 6.10. The van der Waals surface area contributed by atoms with Crippen molar-refractivity contribution in [2.45, 2.75) is 27.3 Å². The quantitative estimate of drug-likeness (QED) is 0.774. The van der Waals surface area contributed by atoms with Crippen LogP contribution in [0, 0.1) is 26.6 Å². The van der Waals surface area contributed by atoms with Gasteiger partial charge < -0.3 is 5.32 Å². The molecule has 0 atom stereocenters. The van der Waals surface area contributed by atoms with Gasteiger partial charge >= 0.3 is 0 Å². The van der Waals surface area contributed by atoms with Crippen LogP contribution in [0.4, 0.5) is 10.1 Å². The van der Waals surface area contributed by atoms with E-state index < -0.39 is 0 Å². The summed E-state index contributed by atoms with van der Waals surface area (Å²) in [5.41, 5.74) is 4.36. The summed E-state index contributed by atoms with van der Waals surface area (Å²) in [6, 6.07) is 14.3. The molecule has 25 heavy (non-hydrogen) atoms. The van der Waals surface area contributed by atoms with Crippen molar-refractivity contribution < 1.29 is 9.18 Å². The Labute approximate surface area is 146 Å². The lowest BCUT2D eigenvalue weighted by atomic mass is 10.1. The molecular formula is C20H20FN3O. The lowest BCUT2D eigenvalue weighted by Crippen LogP contribution is -2.15. The van der Waals surface area contributed by atoms with Crippen molar-refractivity contribution in [1.29, 1.82) is 0 Å². The van der Waals surface area contributed by atoms with Crippen LogP contribution in [-0.2, 0) is 6.54 Å². The van der Waals surface area contributed by atoms with Crippen LogP contribution >= 0.6 is 0 Å². The van der Waals surface area contributed by atoms with Crippen LogP contribution in [0.2, 0.25) is 0 Å². The molecule has 2 aromatic carbocycles. The zero-order chi connectivity index (χ0) is 18.0. The van der Waals surface area contributed by atoms with Gasteiger partial charge in [0.05, 0.1) is 17.8 Å². The summed E-state index contributed by atoms with van der Waals surface area (Å²) >= 11 is 0. The van der Waals surface area contributed by atoms with Crippen LogP contribution in [0.1, 0.15) is 32.9 Å².